The third kappa shape index (κ3) is 6.23. The molecule has 0 bridgehead atoms. The van der Waals surface area contributed by atoms with E-state index in [0.717, 1.165) is 23.3 Å². The van der Waals surface area contributed by atoms with E-state index in [1.165, 1.54) is 6.33 Å². The van der Waals surface area contributed by atoms with Crippen LogP contribution in [0.1, 0.15) is 50.1 Å². The van der Waals surface area contributed by atoms with E-state index in [1.54, 1.807) is 10.8 Å². The number of imidazole rings is 1. The molecule has 0 atom stereocenters. The minimum atomic E-state index is -0.779. The zero-order valence-electron chi connectivity index (χ0n) is 19.0. The van der Waals surface area contributed by atoms with Crippen molar-refractivity contribution in [3.05, 3.63) is 101 Å². The first-order chi connectivity index (χ1) is 17.0. The highest BCUT2D eigenvalue weighted by Gasteiger charge is 2.19. The summed E-state index contributed by atoms with van der Waals surface area (Å²) >= 11 is 0. The third-order valence-electron chi connectivity index (χ3n) is 5.27. The van der Waals surface area contributed by atoms with E-state index in [0.29, 0.717) is 31.2 Å². The zero-order valence-corrected chi connectivity index (χ0v) is 19.0. The Morgan fingerprint density at radius 2 is 1.77 bits per heavy atom. The van der Waals surface area contributed by atoms with Gasteiger partial charge in [-0.05, 0) is 42.2 Å². The van der Waals surface area contributed by atoms with Gasteiger partial charge >= 0.3 is 0 Å². The maximum atomic E-state index is 11.7. The number of primary amides is 2. The van der Waals surface area contributed by atoms with Crippen molar-refractivity contribution in [1.29, 1.82) is 0 Å². The number of nitrogens with zero attached hydrogens (tertiary/aromatic N) is 3. The van der Waals surface area contributed by atoms with Crippen LogP contribution in [0.4, 0.5) is 0 Å². The molecule has 2 aromatic heterocycles. The molecule has 2 aromatic carbocycles. The molecule has 178 valence electrons. The van der Waals surface area contributed by atoms with Crippen molar-refractivity contribution in [1.82, 2.24) is 14.5 Å². The van der Waals surface area contributed by atoms with Gasteiger partial charge in [-0.25, -0.2) is 9.97 Å². The molecular formula is C26H25N5O4. The van der Waals surface area contributed by atoms with Crippen molar-refractivity contribution in [2.45, 2.75) is 26.0 Å². The number of hydrogen-bond donors (Lipinski definition) is 2. The first-order valence-electron chi connectivity index (χ1n) is 11.0. The van der Waals surface area contributed by atoms with Crippen molar-refractivity contribution in [3.63, 3.8) is 0 Å². The van der Waals surface area contributed by atoms with E-state index in [1.807, 2.05) is 66.7 Å². The molecule has 0 radical (unpaired) electrons. The van der Waals surface area contributed by atoms with Crippen molar-refractivity contribution < 1.29 is 18.7 Å². The Morgan fingerprint density at radius 3 is 2.49 bits per heavy atom. The van der Waals surface area contributed by atoms with E-state index >= 15 is 0 Å². The molecule has 4 N–H and O–H groups in total. The molecule has 0 aliphatic carbocycles. The van der Waals surface area contributed by atoms with E-state index in [2.05, 4.69) is 9.97 Å². The SMILES string of the molecule is NC(=O)c1ncn(CCCc2ccc(OCc3coc(C=Cc4ccccc4)n3)cc2)c1C(N)=O. The average Bonchev–Trinajstić information content (AvgIpc) is 3.50. The molecule has 0 aliphatic heterocycles. The number of carbonyl (C=O) groups is 2. The lowest BCUT2D eigenvalue weighted by Gasteiger charge is -2.08. The Hall–Kier alpha value is -4.66. The Morgan fingerprint density at radius 1 is 1.00 bits per heavy atom. The molecule has 35 heavy (non-hydrogen) atoms. The number of rotatable bonds is 11. The van der Waals surface area contributed by atoms with Crippen molar-refractivity contribution in [2.24, 2.45) is 11.5 Å². The van der Waals surface area contributed by atoms with Gasteiger partial charge in [-0.1, -0.05) is 42.5 Å². The van der Waals surface area contributed by atoms with Crippen LogP contribution in [0.5, 0.6) is 5.75 Å². The molecule has 0 saturated carbocycles. The number of nitrogens with two attached hydrogens (primary N) is 2. The number of amides is 2. The minimum Gasteiger partial charge on any atom is -0.487 e. The van der Waals surface area contributed by atoms with Crippen LogP contribution in [0.3, 0.4) is 0 Å². The van der Waals surface area contributed by atoms with Gasteiger partial charge < -0.3 is 25.2 Å². The van der Waals surface area contributed by atoms with Gasteiger partial charge in [0.2, 0.25) is 5.89 Å². The summed E-state index contributed by atoms with van der Waals surface area (Å²) in [6.45, 7) is 0.769. The van der Waals surface area contributed by atoms with Crippen LogP contribution in [-0.2, 0) is 19.6 Å². The average molecular weight is 472 g/mol. The monoisotopic (exact) mass is 471 g/mol. The molecule has 4 aromatic rings. The van der Waals surface area contributed by atoms with Crippen molar-refractivity contribution in [2.75, 3.05) is 0 Å². The van der Waals surface area contributed by atoms with E-state index in [-0.39, 0.29) is 11.4 Å². The molecule has 0 spiro atoms. The highest BCUT2D eigenvalue weighted by molar-refractivity contribution is 6.03. The van der Waals surface area contributed by atoms with Crippen LogP contribution in [-0.4, -0.2) is 26.3 Å². The molecule has 4 rings (SSSR count). The predicted molar refractivity (Wildman–Crippen MR) is 130 cm³/mol. The van der Waals surface area contributed by atoms with Crippen molar-refractivity contribution in [3.8, 4) is 5.75 Å². The van der Waals surface area contributed by atoms with Gasteiger partial charge in [0.25, 0.3) is 11.8 Å². The number of benzene rings is 2. The zero-order chi connectivity index (χ0) is 24.6. The highest BCUT2D eigenvalue weighted by Crippen LogP contribution is 2.17. The maximum absolute atomic E-state index is 11.7. The quantitative estimate of drug-likeness (QED) is 0.343. The predicted octanol–water partition coefficient (Wildman–Crippen LogP) is 3.45. The molecule has 0 aliphatic rings. The number of aromatic nitrogens is 3. The Labute approximate surface area is 202 Å². The summed E-state index contributed by atoms with van der Waals surface area (Å²) < 4.78 is 12.8. The molecule has 2 heterocycles. The molecule has 0 fully saturated rings. The summed E-state index contributed by atoms with van der Waals surface area (Å²) in [5.41, 5.74) is 13.4. The molecular weight excluding hydrogens is 446 g/mol. The largest absolute Gasteiger partial charge is 0.487 e. The number of oxazole rings is 1. The van der Waals surface area contributed by atoms with Gasteiger partial charge in [0.1, 0.15) is 30.0 Å². The molecule has 0 saturated heterocycles. The van der Waals surface area contributed by atoms with Crippen LogP contribution >= 0.6 is 0 Å². The summed E-state index contributed by atoms with van der Waals surface area (Å²) in [7, 11) is 0. The maximum Gasteiger partial charge on any atom is 0.269 e. The van der Waals surface area contributed by atoms with Gasteiger partial charge in [0.15, 0.2) is 5.69 Å². The summed E-state index contributed by atoms with van der Waals surface area (Å²) in [6.07, 6.45) is 8.21. The summed E-state index contributed by atoms with van der Waals surface area (Å²) in [5.74, 6) is -0.277. The lowest BCUT2D eigenvalue weighted by molar-refractivity contribution is 0.0959. The van der Waals surface area contributed by atoms with E-state index < -0.39 is 11.8 Å². The van der Waals surface area contributed by atoms with Crippen LogP contribution in [0.2, 0.25) is 0 Å². The number of ether oxygens (including phenoxy) is 1. The first kappa shape index (κ1) is 23.5. The molecule has 2 amide bonds. The normalized spacial score (nSPS) is 11.1. The van der Waals surface area contributed by atoms with Crippen LogP contribution in [0.25, 0.3) is 12.2 Å². The van der Waals surface area contributed by atoms with E-state index in [9.17, 15) is 9.59 Å². The fourth-order valence-corrected chi connectivity index (χ4v) is 3.55. The fraction of sp³-hybridized carbons (Fsp3) is 0.154. The second-order valence-electron chi connectivity index (χ2n) is 7.82. The second kappa shape index (κ2) is 11.0. The summed E-state index contributed by atoms with van der Waals surface area (Å²) in [4.78, 5) is 31.4. The first-order valence-corrected chi connectivity index (χ1v) is 11.0. The Bertz CT molecular complexity index is 1320. The number of carbonyl (C=O) groups excluding carboxylic acids is 2. The summed E-state index contributed by atoms with van der Waals surface area (Å²) in [6, 6.07) is 17.7. The van der Waals surface area contributed by atoms with Crippen LogP contribution in [0, 0.1) is 0 Å². The van der Waals surface area contributed by atoms with Gasteiger partial charge in [-0.2, -0.15) is 0 Å². The summed E-state index contributed by atoms with van der Waals surface area (Å²) in [5, 5.41) is 0. The number of aryl methyl sites for hydroxylation is 2. The van der Waals surface area contributed by atoms with Crippen LogP contribution in [0.15, 0.2) is 71.6 Å². The molecule has 0 unspecified atom stereocenters. The fourth-order valence-electron chi connectivity index (χ4n) is 3.55. The number of hydrogen-bond acceptors (Lipinski definition) is 6. The Balaban J connectivity index is 1.26. The lowest BCUT2D eigenvalue weighted by atomic mass is 10.1. The standard InChI is InChI=1S/C26H25N5O4/c27-25(32)23-24(26(28)33)31(17-29-23)14-4-7-19-8-11-21(12-9-19)34-15-20-16-35-22(30-20)13-10-18-5-2-1-3-6-18/h1-3,5-6,8-13,16-17H,4,7,14-15H2,(H2,27,32)(H2,28,33). The van der Waals surface area contributed by atoms with Crippen LogP contribution < -0.4 is 16.2 Å². The Kier molecular flexibility index (Phi) is 7.37. The van der Waals surface area contributed by atoms with Gasteiger partial charge in [0, 0.05) is 12.6 Å². The van der Waals surface area contributed by atoms with Gasteiger partial charge in [0.05, 0.1) is 6.33 Å². The highest BCUT2D eigenvalue weighted by atomic mass is 16.5. The van der Waals surface area contributed by atoms with E-state index in [4.69, 9.17) is 20.6 Å². The van der Waals surface area contributed by atoms with Gasteiger partial charge in [-0.15, -0.1) is 0 Å². The minimum absolute atomic E-state index is 0.0350. The second-order valence-corrected chi connectivity index (χ2v) is 7.82. The molecule has 9 nitrogen and oxygen atoms in total. The third-order valence-corrected chi connectivity index (χ3v) is 5.27. The van der Waals surface area contributed by atoms with Gasteiger partial charge in [-0.3, -0.25) is 9.59 Å². The molecule has 9 heteroatoms. The van der Waals surface area contributed by atoms with Crippen molar-refractivity contribution >= 4 is 24.0 Å². The topological polar surface area (TPSA) is 139 Å². The smallest absolute Gasteiger partial charge is 0.269 e. The lowest BCUT2D eigenvalue weighted by Crippen LogP contribution is -2.23.